The quantitative estimate of drug-likeness (QED) is 0.410. The molecule has 1 unspecified atom stereocenters. The zero-order chi connectivity index (χ0) is 6.53. The van der Waals surface area contributed by atoms with E-state index >= 15 is 0 Å². The third-order valence-electron chi connectivity index (χ3n) is 1.12. The second-order valence-electron chi connectivity index (χ2n) is 1.86. The van der Waals surface area contributed by atoms with Crippen LogP contribution < -0.4 is 5.73 Å². The molecule has 0 aliphatic carbocycles. The maximum Gasteiger partial charge on any atom is 0.349 e. The molecule has 0 aromatic carbocycles. The smallest absolute Gasteiger partial charge is 0.349 e. The molecule has 0 amide bonds. The van der Waals surface area contributed by atoms with Gasteiger partial charge >= 0.3 is 19.3 Å². The van der Waals surface area contributed by atoms with Gasteiger partial charge in [-0.2, -0.15) is 0 Å². The molecule has 2 N–H and O–H groups in total. The van der Waals surface area contributed by atoms with E-state index in [4.69, 9.17) is 19.0 Å². The Labute approximate surface area is 58.1 Å². The van der Waals surface area contributed by atoms with Crippen molar-refractivity contribution in [2.45, 2.75) is 12.5 Å². The normalized spacial score (nSPS) is 29.7. The van der Waals surface area contributed by atoms with Crippen LogP contribution in [0.15, 0.2) is 0 Å². The minimum atomic E-state index is -1.34. The molecule has 1 heterocycles. The van der Waals surface area contributed by atoms with Crippen LogP contribution in [0.5, 0.6) is 0 Å². The Bertz CT molecular complexity index is 77.5. The lowest BCUT2D eigenvalue weighted by Crippen LogP contribution is -2.15. The van der Waals surface area contributed by atoms with Gasteiger partial charge in [-0.3, -0.25) is 9.15 Å². The first-order valence-electron chi connectivity index (χ1n) is 3.03. The zero-order valence-electron chi connectivity index (χ0n) is 5.21. The average Bonchev–Trinajstić information content (AvgIpc) is 2.34. The van der Waals surface area contributed by atoms with Crippen LogP contribution in [0.4, 0.5) is 0 Å². The lowest BCUT2D eigenvalue weighted by molar-refractivity contribution is -0.0926. The van der Waals surface area contributed by atoms with E-state index < -0.39 is 19.3 Å². The predicted molar refractivity (Wildman–Crippen MR) is 37.4 cm³/mol. The maximum atomic E-state index is 5.29. The Morgan fingerprint density at radius 2 is 2.44 bits per heavy atom. The molecule has 0 radical (unpaired) electrons. The van der Waals surface area contributed by atoms with Crippen molar-refractivity contribution in [1.29, 1.82) is 0 Å². The van der Waals surface area contributed by atoms with Crippen LogP contribution in [-0.4, -0.2) is 25.8 Å². The third kappa shape index (κ3) is 2.56. The molecule has 0 aromatic heterocycles. The van der Waals surface area contributed by atoms with Crippen LogP contribution in [0.2, 0.25) is 6.04 Å². The van der Waals surface area contributed by atoms with Crippen molar-refractivity contribution >= 4 is 19.3 Å². The van der Waals surface area contributed by atoms with Crippen molar-refractivity contribution in [1.82, 2.24) is 0 Å². The van der Waals surface area contributed by atoms with Gasteiger partial charge in [0.05, 0.1) is 0 Å². The van der Waals surface area contributed by atoms with Crippen molar-refractivity contribution in [3.8, 4) is 0 Å². The molecule has 0 saturated carbocycles. The van der Waals surface area contributed by atoms with Crippen LogP contribution in [0.3, 0.4) is 0 Å². The van der Waals surface area contributed by atoms with Gasteiger partial charge in [-0.25, -0.2) is 0 Å². The van der Waals surface area contributed by atoms with Crippen LogP contribution in [0.25, 0.3) is 0 Å². The summed E-state index contributed by atoms with van der Waals surface area (Å²) < 4.78 is 14.8. The van der Waals surface area contributed by atoms with Crippen LogP contribution in [0, 0.1) is 0 Å². The Morgan fingerprint density at radius 3 is 3.00 bits per heavy atom. The average molecular weight is 165 g/mol. The molecule has 1 atom stereocenters. The summed E-state index contributed by atoms with van der Waals surface area (Å²) >= 11 is 0. The van der Waals surface area contributed by atoms with Crippen molar-refractivity contribution in [2.24, 2.45) is 5.73 Å². The minimum Gasteiger partial charge on any atom is -0.418 e. The second kappa shape index (κ2) is 4.15. The molecule has 9 heavy (non-hydrogen) atoms. The van der Waals surface area contributed by atoms with Crippen LogP contribution >= 0.6 is 0 Å². The van der Waals surface area contributed by atoms with Gasteiger partial charge in [-0.15, -0.1) is 0 Å². The monoisotopic (exact) mass is 165 g/mol. The van der Waals surface area contributed by atoms with Gasteiger partial charge in [0.25, 0.3) is 0 Å². The summed E-state index contributed by atoms with van der Waals surface area (Å²) in [4.78, 5) is 0. The van der Waals surface area contributed by atoms with Crippen molar-refractivity contribution in [2.75, 3.05) is 6.54 Å². The van der Waals surface area contributed by atoms with Gasteiger partial charge in [-0.1, -0.05) is 0 Å². The molecule has 0 spiro atoms. The molecule has 1 saturated heterocycles. The van der Waals surface area contributed by atoms with E-state index in [1.807, 2.05) is 0 Å². The Balaban J connectivity index is 1.98. The molecule has 54 valence electrons. The van der Waals surface area contributed by atoms with Crippen LogP contribution in [0.1, 0.15) is 6.42 Å². The zero-order valence-corrected chi connectivity index (χ0v) is 7.78. The molecule has 4 nitrogen and oxygen atoms in total. The fourth-order valence-corrected chi connectivity index (χ4v) is 3.86. The number of nitrogens with two attached hydrogens (primary N) is 1. The first-order chi connectivity index (χ1) is 4.43. The van der Waals surface area contributed by atoms with E-state index in [9.17, 15) is 0 Å². The summed E-state index contributed by atoms with van der Waals surface area (Å²) in [5.41, 5.74) is 5.29. The first-order valence-corrected chi connectivity index (χ1v) is 5.95. The van der Waals surface area contributed by atoms with E-state index in [0.717, 1.165) is 19.0 Å². The van der Waals surface area contributed by atoms with Gasteiger partial charge in [0.15, 0.2) is 0 Å². The lowest BCUT2D eigenvalue weighted by atomic mass is 10.5. The van der Waals surface area contributed by atoms with Gasteiger partial charge in [0.2, 0.25) is 0 Å². The summed E-state index contributed by atoms with van der Waals surface area (Å²) in [7, 11) is -2.07. The summed E-state index contributed by atoms with van der Waals surface area (Å²) in [5.74, 6) is 0. The van der Waals surface area contributed by atoms with Crippen molar-refractivity contribution < 1.29 is 13.3 Å². The predicted octanol–water partition coefficient (Wildman–Crippen LogP) is -1.47. The topological polar surface area (TPSA) is 53.7 Å². The highest BCUT2D eigenvalue weighted by molar-refractivity contribution is 6.53. The van der Waals surface area contributed by atoms with E-state index in [-0.39, 0.29) is 0 Å². The van der Waals surface area contributed by atoms with Gasteiger partial charge < -0.3 is 9.85 Å². The number of hydrogen-bond donors (Lipinski definition) is 1. The standard InChI is InChI=1S/C3H11NO3Si2/c4-2-1-3-9-6-5-8-7-9/h9H,1-4,8H2. The molecule has 1 rings (SSSR count). The second-order valence-corrected chi connectivity index (χ2v) is 5.29. The van der Waals surface area contributed by atoms with Gasteiger partial charge in [0.1, 0.15) is 0 Å². The highest BCUT2D eigenvalue weighted by Gasteiger charge is 2.19. The van der Waals surface area contributed by atoms with Gasteiger partial charge in [-0.05, 0) is 19.0 Å². The molecule has 1 fully saturated rings. The molecule has 0 bridgehead atoms. The number of hydrogen-bond acceptors (Lipinski definition) is 4. The van der Waals surface area contributed by atoms with E-state index in [1.54, 1.807) is 0 Å². The fourth-order valence-electron chi connectivity index (χ4n) is 0.651. The van der Waals surface area contributed by atoms with E-state index in [1.165, 1.54) is 0 Å². The summed E-state index contributed by atoms with van der Waals surface area (Å²) in [6, 6.07) is 0.990. The first kappa shape index (κ1) is 7.38. The summed E-state index contributed by atoms with van der Waals surface area (Å²) in [6.45, 7) is 0.720. The van der Waals surface area contributed by atoms with Crippen LogP contribution in [-0.2, 0) is 13.3 Å². The molecule has 1 aliphatic heterocycles. The number of rotatable bonds is 3. The largest absolute Gasteiger partial charge is 0.418 e. The lowest BCUT2D eigenvalue weighted by Gasteiger charge is -2.00. The third-order valence-corrected chi connectivity index (χ3v) is 4.89. The molecular weight excluding hydrogens is 154 g/mol. The minimum absolute atomic E-state index is 0.720. The molecule has 6 heteroatoms. The Hall–Kier alpha value is 0.274. The molecular formula is C3H11NO3Si2. The highest BCUT2D eigenvalue weighted by Crippen LogP contribution is 2.05. The van der Waals surface area contributed by atoms with E-state index in [0.29, 0.717) is 0 Å². The Kier molecular flexibility index (Phi) is 3.40. The fraction of sp³-hybridized carbons (Fsp3) is 1.00. The van der Waals surface area contributed by atoms with Gasteiger partial charge in [0, 0.05) is 0 Å². The maximum absolute atomic E-state index is 5.29. The Morgan fingerprint density at radius 1 is 1.56 bits per heavy atom. The summed E-state index contributed by atoms with van der Waals surface area (Å²) in [5, 5.41) is 0. The SMILES string of the molecule is NCCC[SiH]1OO[SiH2]O1. The van der Waals surface area contributed by atoms with Crippen molar-refractivity contribution in [3.63, 3.8) is 0 Å². The van der Waals surface area contributed by atoms with Crippen molar-refractivity contribution in [3.05, 3.63) is 0 Å². The highest BCUT2D eigenvalue weighted by atomic mass is 28.4. The molecule has 1 aliphatic rings. The van der Waals surface area contributed by atoms with E-state index in [2.05, 4.69) is 0 Å². The summed E-state index contributed by atoms with van der Waals surface area (Å²) in [6.07, 6.45) is 0.995. The molecule has 0 aromatic rings.